The van der Waals surface area contributed by atoms with Gasteiger partial charge < -0.3 is 4.57 Å². The van der Waals surface area contributed by atoms with E-state index in [2.05, 4.69) is 9.71 Å². The molecule has 1 rings (SSSR count). The summed E-state index contributed by atoms with van der Waals surface area (Å²) < 4.78 is 27.6. The number of hydrogen-bond acceptors (Lipinski definition) is 3. The summed E-state index contributed by atoms with van der Waals surface area (Å²) in [6, 6.07) is 0. The lowest BCUT2D eigenvalue weighted by molar-refractivity contribution is 0.575. The SMILES string of the molecule is CCn1cnc(S(=O)(=O)NCCCCCl)c1. The second kappa shape index (κ2) is 6.22. The third kappa shape index (κ3) is 3.77. The smallest absolute Gasteiger partial charge is 0.259 e. The number of rotatable bonds is 7. The van der Waals surface area contributed by atoms with E-state index >= 15 is 0 Å². The number of imidazole rings is 1. The molecule has 0 saturated carbocycles. The number of alkyl halides is 1. The maximum absolute atomic E-state index is 11.7. The van der Waals surface area contributed by atoms with E-state index in [1.54, 1.807) is 4.57 Å². The van der Waals surface area contributed by atoms with Gasteiger partial charge in [-0.05, 0) is 19.8 Å². The van der Waals surface area contributed by atoms with Crippen LogP contribution in [0, 0.1) is 0 Å². The number of aromatic nitrogens is 2. The van der Waals surface area contributed by atoms with E-state index in [1.807, 2.05) is 6.92 Å². The molecule has 5 nitrogen and oxygen atoms in total. The maximum atomic E-state index is 11.7. The Morgan fingerprint density at radius 1 is 1.50 bits per heavy atom. The Balaban J connectivity index is 2.56. The van der Waals surface area contributed by atoms with Gasteiger partial charge >= 0.3 is 0 Å². The fourth-order valence-electron chi connectivity index (χ4n) is 1.15. The Labute approximate surface area is 101 Å². The van der Waals surface area contributed by atoms with E-state index < -0.39 is 10.0 Å². The first-order valence-corrected chi connectivity index (χ1v) is 7.19. The first-order chi connectivity index (χ1) is 7.60. The van der Waals surface area contributed by atoms with E-state index in [-0.39, 0.29) is 5.03 Å². The van der Waals surface area contributed by atoms with Gasteiger partial charge in [0.05, 0.1) is 6.33 Å². The average Bonchev–Trinajstić information content (AvgIpc) is 2.73. The minimum absolute atomic E-state index is 0.0697. The van der Waals surface area contributed by atoms with Gasteiger partial charge in [0.2, 0.25) is 0 Å². The van der Waals surface area contributed by atoms with E-state index in [0.29, 0.717) is 19.0 Å². The molecule has 0 radical (unpaired) electrons. The third-order valence-electron chi connectivity index (χ3n) is 2.10. The first kappa shape index (κ1) is 13.5. The van der Waals surface area contributed by atoms with Gasteiger partial charge in [-0.25, -0.2) is 18.1 Å². The molecule has 16 heavy (non-hydrogen) atoms. The van der Waals surface area contributed by atoms with Crippen LogP contribution in [0.1, 0.15) is 19.8 Å². The van der Waals surface area contributed by atoms with Gasteiger partial charge in [-0.15, -0.1) is 11.6 Å². The molecule has 0 aliphatic heterocycles. The first-order valence-electron chi connectivity index (χ1n) is 5.17. The van der Waals surface area contributed by atoms with Gasteiger partial charge in [0, 0.05) is 25.2 Å². The molecule has 0 fully saturated rings. The molecule has 0 saturated heterocycles. The van der Waals surface area contributed by atoms with E-state index in [4.69, 9.17) is 11.6 Å². The van der Waals surface area contributed by atoms with Gasteiger partial charge in [0.15, 0.2) is 5.03 Å². The summed E-state index contributed by atoms with van der Waals surface area (Å²) in [7, 11) is -3.46. The van der Waals surface area contributed by atoms with Gasteiger partial charge in [-0.3, -0.25) is 0 Å². The van der Waals surface area contributed by atoms with Crippen molar-refractivity contribution in [2.75, 3.05) is 12.4 Å². The summed E-state index contributed by atoms with van der Waals surface area (Å²) in [4.78, 5) is 3.84. The van der Waals surface area contributed by atoms with Crippen LogP contribution in [0.25, 0.3) is 0 Å². The van der Waals surface area contributed by atoms with Crippen LogP contribution >= 0.6 is 11.6 Å². The second-order valence-electron chi connectivity index (χ2n) is 3.34. The minimum atomic E-state index is -3.46. The zero-order valence-electron chi connectivity index (χ0n) is 9.19. The number of aryl methyl sites for hydroxylation is 1. The van der Waals surface area contributed by atoms with Crippen LogP contribution in [0.3, 0.4) is 0 Å². The highest BCUT2D eigenvalue weighted by atomic mass is 35.5. The standard InChI is InChI=1S/C9H16ClN3O2S/c1-2-13-7-9(11-8-13)16(14,15)12-6-4-3-5-10/h7-8,12H,2-6H2,1H3. The van der Waals surface area contributed by atoms with E-state index in [1.165, 1.54) is 12.5 Å². The molecule has 1 heterocycles. The average molecular weight is 266 g/mol. The molecule has 0 aliphatic carbocycles. The highest BCUT2D eigenvalue weighted by Crippen LogP contribution is 2.05. The number of nitrogens with zero attached hydrogens (tertiary/aromatic N) is 2. The third-order valence-corrected chi connectivity index (χ3v) is 3.72. The minimum Gasteiger partial charge on any atom is -0.336 e. The van der Waals surface area contributed by atoms with Gasteiger partial charge in [-0.1, -0.05) is 0 Å². The van der Waals surface area contributed by atoms with Crippen LogP contribution in [0.5, 0.6) is 0 Å². The van der Waals surface area contributed by atoms with Crippen LogP contribution in [0.2, 0.25) is 0 Å². The van der Waals surface area contributed by atoms with Crippen LogP contribution < -0.4 is 4.72 Å². The van der Waals surface area contributed by atoms with Crippen LogP contribution in [-0.2, 0) is 16.6 Å². The van der Waals surface area contributed by atoms with Crippen molar-refractivity contribution in [3.05, 3.63) is 12.5 Å². The molecule has 92 valence electrons. The number of unbranched alkanes of at least 4 members (excludes halogenated alkanes) is 1. The highest BCUT2D eigenvalue weighted by Gasteiger charge is 2.15. The number of sulfonamides is 1. The van der Waals surface area contributed by atoms with E-state index in [9.17, 15) is 8.42 Å². The van der Waals surface area contributed by atoms with Crippen molar-refractivity contribution < 1.29 is 8.42 Å². The summed E-state index contributed by atoms with van der Waals surface area (Å²) in [5.41, 5.74) is 0. The van der Waals surface area contributed by atoms with Crippen molar-refractivity contribution in [1.29, 1.82) is 0 Å². The van der Waals surface area contributed by atoms with Gasteiger partial charge in [0.25, 0.3) is 10.0 Å². The predicted octanol–water partition coefficient (Wildman–Crippen LogP) is 1.20. The molecule has 0 spiro atoms. The Kier molecular flexibility index (Phi) is 5.24. The molecule has 1 N–H and O–H groups in total. The largest absolute Gasteiger partial charge is 0.336 e. The van der Waals surface area contributed by atoms with Crippen LogP contribution in [0.4, 0.5) is 0 Å². The molecule has 0 aromatic carbocycles. The summed E-state index contributed by atoms with van der Waals surface area (Å²) in [5, 5.41) is 0.0697. The molecule has 7 heteroatoms. The monoisotopic (exact) mass is 265 g/mol. The van der Waals surface area contributed by atoms with Crippen LogP contribution in [-0.4, -0.2) is 30.4 Å². The highest BCUT2D eigenvalue weighted by molar-refractivity contribution is 7.89. The molecule has 1 aromatic rings. The van der Waals surface area contributed by atoms with Crippen molar-refractivity contribution in [3.8, 4) is 0 Å². The van der Waals surface area contributed by atoms with E-state index in [0.717, 1.165) is 12.8 Å². The summed E-state index contributed by atoms with van der Waals surface area (Å²) in [5.74, 6) is 0.548. The predicted molar refractivity (Wildman–Crippen MR) is 63.0 cm³/mol. The fraction of sp³-hybridized carbons (Fsp3) is 0.667. The molecular weight excluding hydrogens is 250 g/mol. The molecule has 1 aromatic heterocycles. The topological polar surface area (TPSA) is 64.0 Å². The Bertz CT molecular complexity index is 416. The normalized spacial score (nSPS) is 11.9. The number of halogens is 1. The summed E-state index contributed by atoms with van der Waals surface area (Å²) in [6.07, 6.45) is 4.56. The molecule has 0 bridgehead atoms. The summed E-state index contributed by atoms with van der Waals surface area (Å²) in [6.45, 7) is 3.02. The molecule has 0 atom stereocenters. The summed E-state index contributed by atoms with van der Waals surface area (Å²) >= 11 is 5.50. The molecule has 0 aliphatic rings. The van der Waals surface area contributed by atoms with Crippen molar-refractivity contribution in [1.82, 2.24) is 14.3 Å². The van der Waals surface area contributed by atoms with Crippen molar-refractivity contribution in [3.63, 3.8) is 0 Å². The van der Waals surface area contributed by atoms with Crippen LogP contribution in [0.15, 0.2) is 17.6 Å². The maximum Gasteiger partial charge on any atom is 0.259 e. The molecule has 0 amide bonds. The quantitative estimate of drug-likeness (QED) is 0.595. The van der Waals surface area contributed by atoms with Crippen molar-refractivity contribution in [2.24, 2.45) is 0 Å². The fourth-order valence-corrected chi connectivity index (χ4v) is 2.36. The van der Waals surface area contributed by atoms with Crippen molar-refractivity contribution in [2.45, 2.75) is 31.3 Å². The second-order valence-corrected chi connectivity index (χ2v) is 5.43. The Morgan fingerprint density at radius 3 is 2.81 bits per heavy atom. The van der Waals surface area contributed by atoms with Crippen molar-refractivity contribution >= 4 is 21.6 Å². The molecular formula is C9H16ClN3O2S. The number of nitrogens with one attached hydrogen (secondary N) is 1. The lowest BCUT2D eigenvalue weighted by atomic mass is 10.3. The van der Waals surface area contributed by atoms with Gasteiger partial charge in [0.1, 0.15) is 0 Å². The van der Waals surface area contributed by atoms with Gasteiger partial charge in [-0.2, -0.15) is 0 Å². The Hall–Kier alpha value is -0.590. The number of hydrogen-bond donors (Lipinski definition) is 1. The zero-order valence-corrected chi connectivity index (χ0v) is 10.8. The Morgan fingerprint density at radius 2 is 2.25 bits per heavy atom. The lowest BCUT2D eigenvalue weighted by Crippen LogP contribution is -2.25. The lowest BCUT2D eigenvalue weighted by Gasteiger charge is -2.02. The molecule has 0 unspecified atom stereocenters. The zero-order chi connectivity index (χ0) is 12.0.